The number of nitro benzene ring substituents is 1. The number of thiazole rings is 1. The minimum absolute atomic E-state index is 0.0818. The van der Waals surface area contributed by atoms with Crippen molar-refractivity contribution in [2.24, 2.45) is 0 Å². The van der Waals surface area contributed by atoms with Gasteiger partial charge < -0.3 is 14.6 Å². The Morgan fingerprint density at radius 1 is 1.09 bits per heavy atom. The number of hydrogen-bond acceptors (Lipinski definition) is 7. The summed E-state index contributed by atoms with van der Waals surface area (Å²) >= 11 is 1.23. The molecule has 0 fully saturated rings. The Labute approximate surface area is 190 Å². The van der Waals surface area contributed by atoms with Crippen LogP contribution >= 0.6 is 11.3 Å². The van der Waals surface area contributed by atoms with Crippen LogP contribution < -0.4 is 9.47 Å². The van der Waals surface area contributed by atoms with E-state index in [0.29, 0.717) is 22.0 Å². The largest absolute Gasteiger partial charge is 0.511 e. The zero-order valence-corrected chi connectivity index (χ0v) is 17.8. The fourth-order valence-electron chi connectivity index (χ4n) is 3.28. The minimum Gasteiger partial charge on any atom is -0.497 e. The SMILES string of the molecule is COc1ccc(-c2csc(-c3ccc(-c4ccccc4[N+](=O)[O-])c(OC(=O)O)c3)n2)c(F)c1. The molecular formula is C23H15FN2O6S. The van der Waals surface area contributed by atoms with Crippen molar-refractivity contribution in [2.75, 3.05) is 7.11 Å². The summed E-state index contributed by atoms with van der Waals surface area (Å²) in [5.41, 5.74) is 1.47. The maximum absolute atomic E-state index is 14.4. The van der Waals surface area contributed by atoms with E-state index in [1.165, 1.54) is 54.8 Å². The van der Waals surface area contributed by atoms with Crippen LogP contribution in [0.5, 0.6) is 11.5 Å². The quantitative estimate of drug-likeness (QED) is 0.155. The molecule has 0 aliphatic heterocycles. The topological polar surface area (TPSA) is 112 Å². The van der Waals surface area contributed by atoms with Gasteiger partial charge in [-0.25, -0.2) is 14.2 Å². The van der Waals surface area contributed by atoms with E-state index in [2.05, 4.69) is 4.98 Å². The number of ether oxygens (including phenoxy) is 2. The lowest BCUT2D eigenvalue weighted by molar-refractivity contribution is -0.384. The maximum Gasteiger partial charge on any atom is 0.511 e. The molecule has 0 atom stereocenters. The van der Waals surface area contributed by atoms with Crippen molar-refractivity contribution in [1.82, 2.24) is 4.98 Å². The van der Waals surface area contributed by atoms with Gasteiger partial charge in [-0.1, -0.05) is 18.2 Å². The molecule has 1 heterocycles. The minimum atomic E-state index is -1.56. The van der Waals surface area contributed by atoms with E-state index >= 15 is 0 Å². The fourth-order valence-corrected chi connectivity index (χ4v) is 4.09. The van der Waals surface area contributed by atoms with Crippen LogP contribution in [0.4, 0.5) is 14.9 Å². The lowest BCUT2D eigenvalue weighted by atomic mass is 10.0. The molecule has 0 aliphatic carbocycles. The average molecular weight is 466 g/mol. The molecule has 0 unspecified atom stereocenters. The molecular weight excluding hydrogens is 451 g/mol. The number of hydrogen-bond donors (Lipinski definition) is 1. The number of aromatic nitrogens is 1. The number of carboxylic acid groups (broad SMARTS) is 1. The number of nitrogens with zero attached hydrogens (tertiary/aromatic N) is 2. The summed E-state index contributed by atoms with van der Waals surface area (Å²) < 4.78 is 24.4. The first-order valence-corrected chi connectivity index (χ1v) is 10.3. The molecule has 1 N–H and O–H groups in total. The summed E-state index contributed by atoms with van der Waals surface area (Å²) in [6.45, 7) is 0. The molecule has 4 rings (SSSR count). The monoisotopic (exact) mass is 466 g/mol. The Bertz CT molecular complexity index is 1370. The Hall–Kier alpha value is -4.31. The predicted molar refractivity (Wildman–Crippen MR) is 120 cm³/mol. The van der Waals surface area contributed by atoms with Crippen LogP contribution in [0.25, 0.3) is 33.0 Å². The van der Waals surface area contributed by atoms with Gasteiger partial charge >= 0.3 is 6.16 Å². The first kappa shape index (κ1) is 21.9. The third-order valence-corrected chi connectivity index (χ3v) is 5.66. The third-order valence-electron chi connectivity index (χ3n) is 4.77. The standard InChI is InChI=1S/C23H15FN2O6S/c1-31-14-7-9-17(18(24)11-14)19-12-33-22(25-19)13-6-8-16(21(10-13)32-23(27)28)15-4-2-3-5-20(15)26(29)30/h2-12H,1H3,(H,27,28). The van der Waals surface area contributed by atoms with Crippen molar-refractivity contribution in [3.63, 3.8) is 0 Å². The van der Waals surface area contributed by atoms with Crippen LogP contribution in [0.2, 0.25) is 0 Å². The summed E-state index contributed by atoms with van der Waals surface area (Å²) in [4.78, 5) is 26.6. The molecule has 3 aromatic carbocycles. The highest BCUT2D eigenvalue weighted by atomic mass is 32.1. The molecule has 8 nitrogen and oxygen atoms in total. The average Bonchev–Trinajstić information content (AvgIpc) is 3.28. The lowest BCUT2D eigenvalue weighted by Crippen LogP contribution is -2.05. The van der Waals surface area contributed by atoms with E-state index in [-0.39, 0.29) is 28.1 Å². The van der Waals surface area contributed by atoms with Gasteiger partial charge in [-0.15, -0.1) is 11.3 Å². The van der Waals surface area contributed by atoms with Gasteiger partial charge in [0.15, 0.2) is 0 Å². The second kappa shape index (κ2) is 9.05. The van der Waals surface area contributed by atoms with Crippen molar-refractivity contribution in [2.45, 2.75) is 0 Å². The highest BCUT2D eigenvalue weighted by Gasteiger charge is 2.21. The van der Waals surface area contributed by atoms with Crippen molar-refractivity contribution < 1.29 is 28.7 Å². The molecule has 10 heteroatoms. The first-order valence-electron chi connectivity index (χ1n) is 9.46. The van der Waals surface area contributed by atoms with Gasteiger partial charge in [0.2, 0.25) is 0 Å². The number of rotatable bonds is 6. The van der Waals surface area contributed by atoms with Crippen LogP contribution in [-0.4, -0.2) is 28.3 Å². The normalized spacial score (nSPS) is 10.6. The predicted octanol–water partition coefficient (Wildman–Crippen LogP) is 6.26. The Kier molecular flexibility index (Phi) is 6.01. The molecule has 0 radical (unpaired) electrons. The number of carbonyl (C=O) groups is 1. The number of para-hydroxylation sites is 1. The van der Waals surface area contributed by atoms with E-state index in [0.717, 1.165) is 0 Å². The van der Waals surface area contributed by atoms with Crippen molar-refractivity contribution in [3.8, 4) is 44.5 Å². The second-order valence-electron chi connectivity index (χ2n) is 6.74. The van der Waals surface area contributed by atoms with Crippen LogP contribution in [0, 0.1) is 15.9 Å². The van der Waals surface area contributed by atoms with E-state index in [1.54, 1.807) is 29.6 Å². The van der Waals surface area contributed by atoms with Gasteiger partial charge in [-0.05, 0) is 30.3 Å². The van der Waals surface area contributed by atoms with E-state index in [1.807, 2.05) is 0 Å². The molecule has 33 heavy (non-hydrogen) atoms. The summed E-state index contributed by atoms with van der Waals surface area (Å²) in [7, 11) is 1.44. The van der Waals surface area contributed by atoms with E-state index in [4.69, 9.17) is 9.47 Å². The molecule has 0 bridgehead atoms. The lowest BCUT2D eigenvalue weighted by Gasteiger charge is -2.10. The summed E-state index contributed by atoms with van der Waals surface area (Å²) in [6, 6.07) is 15.0. The van der Waals surface area contributed by atoms with Gasteiger partial charge in [0.1, 0.15) is 22.3 Å². The number of nitro groups is 1. The molecule has 0 aliphatic rings. The van der Waals surface area contributed by atoms with Crippen molar-refractivity contribution in [1.29, 1.82) is 0 Å². The summed E-state index contributed by atoms with van der Waals surface area (Å²) in [6.07, 6.45) is -1.56. The van der Waals surface area contributed by atoms with Crippen LogP contribution in [-0.2, 0) is 0 Å². The molecule has 0 spiro atoms. The summed E-state index contributed by atoms with van der Waals surface area (Å²) in [5.74, 6) is -0.192. The zero-order valence-electron chi connectivity index (χ0n) is 17.0. The zero-order chi connectivity index (χ0) is 23.5. The molecule has 0 saturated carbocycles. The Morgan fingerprint density at radius 2 is 1.85 bits per heavy atom. The molecule has 166 valence electrons. The van der Waals surface area contributed by atoms with Crippen LogP contribution in [0.15, 0.2) is 66.0 Å². The fraction of sp³-hybridized carbons (Fsp3) is 0.0435. The number of methoxy groups -OCH3 is 1. The van der Waals surface area contributed by atoms with Gasteiger partial charge in [0, 0.05) is 34.2 Å². The number of benzene rings is 3. The van der Waals surface area contributed by atoms with Crippen LogP contribution in [0.3, 0.4) is 0 Å². The summed E-state index contributed by atoms with van der Waals surface area (Å²) in [5, 5.41) is 22.8. The second-order valence-corrected chi connectivity index (χ2v) is 7.59. The highest BCUT2D eigenvalue weighted by Crippen LogP contribution is 2.40. The van der Waals surface area contributed by atoms with Crippen LogP contribution in [0.1, 0.15) is 0 Å². The molecule has 0 saturated heterocycles. The van der Waals surface area contributed by atoms with Crippen molar-refractivity contribution >= 4 is 23.2 Å². The van der Waals surface area contributed by atoms with E-state index < -0.39 is 16.9 Å². The van der Waals surface area contributed by atoms with Gasteiger partial charge in [-0.3, -0.25) is 10.1 Å². The smallest absolute Gasteiger partial charge is 0.497 e. The number of halogens is 1. The highest BCUT2D eigenvalue weighted by molar-refractivity contribution is 7.13. The Balaban J connectivity index is 1.77. The third kappa shape index (κ3) is 4.51. The van der Waals surface area contributed by atoms with Gasteiger partial charge in [-0.2, -0.15) is 0 Å². The van der Waals surface area contributed by atoms with Gasteiger partial charge in [0.25, 0.3) is 5.69 Å². The first-order chi connectivity index (χ1) is 15.9. The Morgan fingerprint density at radius 3 is 2.55 bits per heavy atom. The maximum atomic E-state index is 14.4. The molecule has 1 aromatic heterocycles. The van der Waals surface area contributed by atoms with E-state index in [9.17, 15) is 24.4 Å². The molecule has 4 aromatic rings. The van der Waals surface area contributed by atoms with Crippen molar-refractivity contribution in [3.05, 3.63) is 82.0 Å². The molecule has 0 amide bonds. The van der Waals surface area contributed by atoms with Gasteiger partial charge in [0.05, 0.1) is 23.3 Å².